The summed E-state index contributed by atoms with van der Waals surface area (Å²) in [6, 6.07) is 23.1. The van der Waals surface area contributed by atoms with Gasteiger partial charge in [0.2, 0.25) is 0 Å². The number of rotatable bonds is 12. The third-order valence-corrected chi connectivity index (χ3v) is 5.05. The van der Waals surface area contributed by atoms with Crippen molar-refractivity contribution in [1.29, 1.82) is 0 Å². The summed E-state index contributed by atoms with van der Waals surface area (Å²) in [4.78, 5) is 36.0. The molecule has 37 heavy (non-hydrogen) atoms. The number of anilines is 1. The van der Waals surface area contributed by atoms with Crippen LogP contribution in [0.15, 0.2) is 84.0 Å². The maximum atomic E-state index is 12.1. The molecule has 0 bridgehead atoms. The molecule has 0 aromatic heterocycles. The van der Waals surface area contributed by atoms with Crippen LogP contribution in [0.25, 0.3) is 0 Å². The molecule has 3 N–H and O–H groups in total. The van der Waals surface area contributed by atoms with Gasteiger partial charge in [0.25, 0.3) is 5.91 Å². The lowest BCUT2D eigenvalue weighted by molar-refractivity contribution is -0.136. The van der Waals surface area contributed by atoms with Crippen LogP contribution < -0.4 is 25.5 Å². The van der Waals surface area contributed by atoms with Gasteiger partial charge in [-0.25, -0.2) is 5.43 Å². The minimum Gasteiger partial charge on any atom is -0.494 e. The van der Waals surface area contributed by atoms with Crippen LogP contribution in [0.4, 0.5) is 5.69 Å². The van der Waals surface area contributed by atoms with Crippen LogP contribution >= 0.6 is 0 Å². The number of nitrogens with one attached hydrogen (secondary N) is 3. The van der Waals surface area contributed by atoms with Gasteiger partial charge in [-0.2, -0.15) is 5.10 Å². The van der Waals surface area contributed by atoms with E-state index in [2.05, 4.69) is 28.1 Å². The quantitative estimate of drug-likeness (QED) is 0.151. The van der Waals surface area contributed by atoms with E-state index < -0.39 is 11.8 Å². The molecule has 0 saturated heterocycles. The number of unbranched alkanes of at least 4 members (excludes halogenated alkanes) is 1. The lowest BCUT2D eigenvalue weighted by Crippen LogP contribution is -2.32. The Morgan fingerprint density at radius 1 is 0.838 bits per heavy atom. The molecule has 0 spiro atoms. The fraction of sp³-hybridized carbons (Fsp3) is 0.214. The van der Waals surface area contributed by atoms with E-state index in [9.17, 15) is 14.4 Å². The number of benzene rings is 3. The molecule has 3 aromatic carbocycles. The van der Waals surface area contributed by atoms with E-state index in [0.717, 1.165) is 18.4 Å². The third kappa shape index (κ3) is 9.85. The van der Waals surface area contributed by atoms with Gasteiger partial charge >= 0.3 is 11.8 Å². The molecule has 0 radical (unpaired) electrons. The Balaban J connectivity index is 1.37. The van der Waals surface area contributed by atoms with E-state index in [1.165, 1.54) is 6.21 Å². The largest absolute Gasteiger partial charge is 0.494 e. The van der Waals surface area contributed by atoms with Gasteiger partial charge in [0.05, 0.1) is 12.8 Å². The normalized spacial score (nSPS) is 10.5. The summed E-state index contributed by atoms with van der Waals surface area (Å²) in [6.07, 6.45) is 3.40. The van der Waals surface area contributed by atoms with Gasteiger partial charge in [0.1, 0.15) is 11.5 Å². The monoisotopic (exact) mass is 502 g/mol. The molecule has 3 rings (SSSR count). The van der Waals surface area contributed by atoms with Crippen molar-refractivity contribution in [2.24, 2.45) is 5.10 Å². The first-order chi connectivity index (χ1) is 18.0. The molecular weight excluding hydrogens is 472 g/mol. The first-order valence-corrected chi connectivity index (χ1v) is 11.9. The molecule has 3 amide bonds. The molecular formula is C28H30N4O5. The fourth-order valence-corrected chi connectivity index (χ4v) is 3.02. The number of nitrogens with zero attached hydrogens (tertiary/aromatic N) is 1. The Morgan fingerprint density at radius 3 is 2.22 bits per heavy atom. The number of hydrogen-bond acceptors (Lipinski definition) is 6. The highest BCUT2D eigenvalue weighted by molar-refractivity contribution is 6.39. The molecule has 3 aromatic rings. The predicted octanol–water partition coefficient (Wildman–Crippen LogP) is 3.65. The Hall–Kier alpha value is -4.66. The van der Waals surface area contributed by atoms with E-state index in [1.807, 2.05) is 30.3 Å². The average molecular weight is 503 g/mol. The Bertz CT molecular complexity index is 1180. The van der Waals surface area contributed by atoms with Crippen LogP contribution in [0, 0.1) is 0 Å². The summed E-state index contributed by atoms with van der Waals surface area (Å²) in [5.74, 6) is -0.765. The van der Waals surface area contributed by atoms with E-state index in [-0.39, 0.29) is 12.5 Å². The summed E-state index contributed by atoms with van der Waals surface area (Å²) in [5, 5.41) is 9.10. The highest BCUT2D eigenvalue weighted by atomic mass is 16.5. The second-order valence-electron chi connectivity index (χ2n) is 8.00. The van der Waals surface area contributed by atoms with Gasteiger partial charge < -0.3 is 20.1 Å². The van der Waals surface area contributed by atoms with Gasteiger partial charge in [-0.05, 0) is 66.1 Å². The van der Waals surface area contributed by atoms with Crippen molar-refractivity contribution in [3.05, 3.63) is 90.0 Å². The van der Waals surface area contributed by atoms with E-state index in [0.29, 0.717) is 35.9 Å². The van der Waals surface area contributed by atoms with Gasteiger partial charge in [-0.1, -0.05) is 43.7 Å². The number of carbonyl (C=O) groups is 3. The molecule has 0 saturated carbocycles. The zero-order valence-electron chi connectivity index (χ0n) is 20.6. The molecule has 0 fully saturated rings. The van der Waals surface area contributed by atoms with Gasteiger partial charge in [-0.3, -0.25) is 14.4 Å². The molecule has 0 unspecified atom stereocenters. The summed E-state index contributed by atoms with van der Waals surface area (Å²) in [6.45, 7) is 3.04. The van der Waals surface area contributed by atoms with Crippen molar-refractivity contribution in [3.8, 4) is 11.5 Å². The topological polar surface area (TPSA) is 118 Å². The summed E-state index contributed by atoms with van der Waals surface area (Å²) < 4.78 is 11.1. The highest BCUT2D eigenvalue weighted by Crippen LogP contribution is 2.16. The number of hydrogen-bond donors (Lipinski definition) is 3. The lowest BCUT2D eigenvalue weighted by Gasteiger charge is -2.08. The number of carbonyl (C=O) groups excluding carboxylic acids is 3. The van der Waals surface area contributed by atoms with Gasteiger partial charge in [-0.15, -0.1) is 0 Å². The van der Waals surface area contributed by atoms with Crippen molar-refractivity contribution in [1.82, 2.24) is 10.7 Å². The van der Waals surface area contributed by atoms with Crippen molar-refractivity contribution in [3.63, 3.8) is 0 Å². The molecule has 0 aliphatic carbocycles. The molecule has 0 aliphatic heterocycles. The molecule has 9 heteroatoms. The lowest BCUT2D eigenvalue weighted by atomic mass is 10.2. The maximum absolute atomic E-state index is 12.1. The summed E-state index contributed by atoms with van der Waals surface area (Å²) >= 11 is 0. The van der Waals surface area contributed by atoms with Gasteiger partial charge in [0, 0.05) is 12.2 Å². The van der Waals surface area contributed by atoms with Crippen LogP contribution in [0.3, 0.4) is 0 Å². The zero-order valence-corrected chi connectivity index (χ0v) is 20.6. The number of hydrazone groups is 1. The summed E-state index contributed by atoms with van der Waals surface area (Å²) in [5.41, 5.74) is 4.33. The zero-order chi connectivity index (χ0) is 26.3. The van der Waals surface area contributed by atoms with Crippen LogP contribution in [0.5, 0.6) is 11.5 Å². The van der Waals surface area contributed by atoms with Crippen molar-refractivity contribution in [2.75, 3.05) is 18.5 Å². The van der Waals surface area contributed by atoms with Crippen molar-refractivity contribution < 1.29 is 23.9 Å². The minimum atomic E-state index is -0.902. The second kappa shape index (κ2) is 14.7. The van der Waals surface area contributed by atoms with Crippen LogP contribution in [0.2, 0.25) is 0 Å². The smallest absolute Gasteiger partial charge is 0.329 e. The van der Waals surface area contributed by atoms with Crippen LogP contribution in [0.1, 0.15) is 30.9 Å². The molecule has 9 nitrogen and oxygen atoms in total. The third-order valence-electron chi connectivity index (χ3n) is 5.05. The average Bonchev–Trinajstić information content (AvgIpc) is 2.93. The minimum absolute atomic E-state index is 0.111. The van der Waals surface area contributed by atoms with E-state index >= 15 is 0 Å². The first-order valence-electron chi connectivity index (χ1n) is 11.9. The standard InChI is InChI=1S/C28H30N4O5/c1-2-3-17-36-24-15-11-23(12-16-24)31-27(34)28(35)32-30-19-22-9-13-25(14-10-22)37-20-26(33)29-18-21-7-5-4-6-8-21/h4-16,19H,2-3,17-18,20H2,1H3,(H,29,33)(H,31,34)(H,32,35)/b30-19-. The van der Waals surface area contributed by atoms with Crippen LogP contribution in [-0.2, 0) is 20.9 Å². The fourth-order valence-electron chi connectivity index (χ4n) is 3.02. The second-order valence-corrected chi connectivity index (χ2v) is 8.00. The van der Waals surface area contributed by atoms with Crippen molar-refractivity contribution in [2.45, 2.75) is 26.3 Å². The maximum Gasteiger partial charge on any atom is 0.329 e. The number of amides is 3. The van der Waals surface area contributed by atoms with Crippen LogP contribution in [-0.4, -0.2) is 37.1 Å². The highest BCUT2D eigenvalue weighted by Gasteiger charge is 2.13. The number of ether oxygens (including phenoxy) is 2. The molecule has 0 atom stereocenters. The Morgan fingerprint density at radius 2 is 1.51 bits per heavy atom. The Labute approximate surface area is 215 Å². The van der Waals surface area contributed by atoms with E-state index in [1.54, 1.807) is 48.5 Å². The molecule has 0 aliphatic rings. The molecule has 192 valence electrons. The first kappa shape index (κ1) is 26.9. The van der Waals surface area contributed by atoms with Gasteiger partial charge in [0.15, 0.2) is 6.61 Å². The van der Waals surface area contributed by atoms with E-state index in [4.69, 9.17) is 9.47 Å². The molecule has 0 heterocycles. The van der Waals surface area contributed by atoms with Crippen molar-refractivity contribution >= 4 is 29.6 Å². The Kier molecular flexibility index (Phi) is 10.7. The predicted molar refractivity (Wildman–Crippen MR) is 141 cm³/mol. The summed E-state index contributed by atoms with van der Waals surface area (Å²) in [7, 11) is 0. The SMILES string of the molecule is CCCCOc1ccc(NC(=O)C(=O)N/N=C\c2ccc(OCC(=O)NCc3ccccc3)cc2)cc1.